The Morgan fingerprint density at radius 3 is 2.25 bits per heavy atom. The molecule has 0 bridgehead atoms. The molecule has 0 radical (unpaired) electrons. The van der Waals surface area contributed by atoms with Gasteiger partial charge < -0.3 is 41.2 Å². The molecule has 3 rings (SSSR count). The van der Waals surface area contributed by atoms with Crippen LogP contribution in [0.25, 0.3) is 0 Å². The molecule has 36 heavy (non-hydrogen) atoms. The molecular formula is C23H24N4O9. The number of oxime groups is 1. The average Bonchev–Trinajstić information content (AvgIpc) is 2.85. The number of hydrogen-bond acceptors (Lipinski definition) is 9. The highest BCUT2D eigenvalue weighted by Crippen LogP contribution is 2.28. The van der Waals surface area contributed by atoms with E-state index < -0.39 is 41.9 Å². The molecule has 3 atom stereocenters. The number of ether oxygens (including phenoxy) is 1. The van der Waals surface area contributed by atoms with E-state index in [1.807, 2.05) is 0 Å². The van der Waals surface area contributed by atoms with E-state index in [9.17, 15) is 34.6 Å². The number of phenolic OH excluding ortho intramolecular Hbond substituents is 1. The third-order valence-electron chi connectivity index (χ3n) is 5.48. The molecule has 1 saturated heterocycles. The average molecular weight is 500 g/mol. The summed E-state index contributed by atoms with van der Waals surface area (Å²) in [5, 5.41) is 42.5. The smallest absolute Gasteiger partial charge is 0.331 e. The normalized spacial score (nSPS) is 17.0. The Balaban J connectivity index is 1.59. The number of rotatable bonds is 11. The van der Waals surface area contributed by atoms with Crippen LogP contribution in [0.2, 0.25) is 0 Å². The standard InChI is InChI=1S/C23H24N4O9/c24-16(22(31)32)9-10-36-15-7-3-12(4-8-15)18(26-35)20(29)25-17-11-27(21(17)30)19(23(33)34)13-1-5-14(28)6-2-13/h1-8,16-17,19,28,35H,9-11,24H2,(H,25,29)(H,31,32)(H,33,34)/b26-18+. The first-order valence-electron chi connectivity index (χ1n) is 10.7. The van der Waals surface area contributed by atoms with Crippen molar-refractivity contribution in [2.45, 2.75) is 24.5 Å². The predicted molar refractivity (Wildman–Crippen MR) is 123 cm³/mol. The number of β-lactam (4-membered cyclic amide) rings is 1. The van der Waals surface area contributed by atoms with Gasteiger partial charge in [0.1, 0.15) is 23.6 Å². The Morgan fingerprint density at radius 2 is 1.72 bits per heavy atom. The van der Waals surface area contributed by atoms with Gasteiger partial charge in [0.15, 0.2) is 11.8 Å². The lowest BCUT2D eigenvalue weighted by Crippen LogP contribution is -2.66. The number of likely N-dealkylation sites (tertiary alicyclic amines) is 1. The third-order valence-corrected chi connectivity index (χ3v) is 5.48. The third kappa shape index (κ3) is 5.88. The van der Waals surface area contributed by atoms with Crippen LogP contribution in [0.15, 0.2) is 53.7 Å². The van der Waals surface area contributed by atoms with Gasteiger partial charge in [-0.05, 0) is 42.0 Å². The van der Waals surface area contributed by atoms with Crippen LogP contribution in [0.4, 0.5) is 0 Å². The molecule has 7 N–H and O–H groups in total. The molecule has 0 spiro atoms. The predicted octanol–water partition coefficient (Wildman–Crippen LogP) is -0.0958. The van der Waals surface area contributed by atoms with Gasteiger partial charge in [0, 0.05) is 12.0 Å². The number of hydrogen-bond donors (Lipinski definition) is 6. The first kappa shape index (κ1) is 26.0. The van der Waals surface area contributed by atoms with Crippen LogP contribution in [0, 0.1) is 0 Å². The number of amides is 2. The second-order valence-corrected chi connectivity index (χ2v) is 7.90. The van der Waals surface area contributed by atoms with Crippen LogP contribution in [0.1, 0.15) is 23.6 Å². The molecule has 0 saturated carbocycles. The number of nitrogens with zero attached hydrogens (tertiary/aromatic N) is 2. The Morgan fingerprint density at radius 1 is 1.08 bits per heavy atom. The summed E-state index contributed by atoms with van der Waals surface area (Å²) < 4.78 is 5.40. The van der Waals surface area contributed by atoms with Crippen molar-refractivity contribution in [3.63, 3.8) is 0 Å². The molecule has 2 aromatic rings. The zero-order valence-electron chi connectivity index (χ0n) is 18.8. The summed E-state index contributed by atoms with van der Waals surface area (Å²) in [6.45, 7) is -0.0393. The van der Waals surface area contributed by atoms with Crippen LogP contribution in [-0.4, -0.2) is 80.1 Å². The maximum atomic E-state index is 12.6. The van der Waals surface area contributed by atoms with Gasteiger partial charge in [0.05, 0.1) is 13.2 Å². The van der Waals surface area contributed by atoms with Crippen LogP contribution < -0.4 is 15.8 Å². The van der Waals surface area contributed by atoms with E-state index in [1.165, 1.54) is 48.5 Å². The molecular weight excluding hydrogens is 476 g/mol. The van der Waals surface area contributed by atoms with Crippen molar-refractivity contribution in [2.24, 2.45) is 10.9 Å². The maximum Gasteiger partial charge on any atom is 0.331 e. The molecule has 0 aromatic heterocycles. The monoisotopic (exact) mass is 500 g/mol. The molecule has 13 nitrogen and oxygen atoms in total. The van der Waals surface area contributed by atoms with Crippen molar-refractivity contribution in [3.05, 3.63) is 59.7 Å². The Kier molecular flexibility index (Phi) is 8.07. The SMILES string of the molecule is NC(CCOc1ccc(/C(=N\O)C(=O)NC2CN(C(C(=O)O)c3ccc(O)cc3)C2=O)cc1)C(=O)O. The quantitative estimate of drug-likeness (QED) is 0.104. The van der Waals surface area contributed by atoms with E-state index in [2.05, 4.69) is 10.5 Å². The fourth-order valence-electron chi connectivity index (χ4n) is 3.50. The zero-order chi connectivity index (χ0) is 26.4. The number of carbonyl (C=O) groups is 4. The van der Waals surface area contributed by atoms with Gasteiger partial charge in [0.25, 0.3) is 5.91 Å². The van der Waals surface area contributed by atoms with Gasteiger partial charge in [-0.15, -0.1) is 0 Å². The van der Waals surface area contributed by atoms with E-state index in [1.54, 1.807) is 0 Å². The number of carboxylic acids is 2. The number of aromatic hydroxyl groups is 1. The number of nitrogens with two attached hydrogens (primary N) is 1. The van der Waals surface area contributed by atoms with E-state index in [0.29, 0.717) is 5.75 Å². The summed E-state index contributed by atoms with van der Waals surface area (Å²) in [6, 6.07) is 7.83. The van der Waals surface area contributed by atoms with Gasteiger partial charge in [-0.2, -0.15) is 0 Å². The fraction of sp³-hybridized carbons (Fsp3) is 0.261. The molecule has 190 valence electrons. The lowest BCUT2D eigenvalue weighted by atomic mass is 9.97. The topological polar surface area (TPSA) is 212 Å². The Labute approximate surface area is 204 Å². The number of carboxylic acid groups (broad SMARTS) is 2. The highest BCUT2D eigenvalue weighted by Gasteiger charge is 2.45. The molecule has 1 aliphatic rings. The second-order valence-electron chi connectivity index (χ2n) is 7.90. The summed E-state index contributed by atoms with van der Waals surface area (Å²) in [7, 11) is 0. The second kappa shape index (κ2) is 11.2. The number of nitrogens with one attached hydrogen (secondary N) is 1. The number of aliphatic carboxylic acids is 2. The van der Waals surface area contributed by atoms with Crippen LogP contribution in [0.5, 0.6) is 11.5 Å². The molecule has 2 aromatic carbocycles. The molecule has 3 unspecified atom stereocenters. The summed E-state index contributed by atoms with van der Waals surface area (Å²) in [5.41, 5.74) is 5.51. The van der Waals surface area contributed by atoms with Crippen molar-refractivity contribution in [1.29, 1.82) is 0 Å². The molecule has 2 amide bonds. The largest absolute Gasteiger partial charge is 0.508 e. The van der Waals surface area contributed by atoms with Crippen molar-refractivity contribution >= 4 is 29.5 Å². The van der Waals surface area contributed by atoms with Gasteiger partial charge in [-0.25, -0.2) is 4.79 Å². The van der Waals surface area contributed by atoms with Gasteiger partial charge >= 0.3 is 11.9 Å². The minimum absolute atomic E-state index is 0.0516. The summed E-state index contributed by atoms with van der Waals surface area (Å²) in [4.78, 5) is 48.8. The number of carbonyl (C=O) groups excluding carboxylic acids is 2. The summed E-state index contributed by atoms with van der Waals surface area (Å²) in [6.07, 6.45) is 0.0880. The lowest BCUT2D eigenvalue weighted by Gasteiger charge is -2.42. The van der Waals surface area contributed by atoms with E-state index in [-0.39, 0.29) is 42.2 Å². The summed E-state index contributed by atoms with van der Waals surface area (Å²) >= 11 is 0. The van der Waals surface area contributed by atoms with Crippen LogP contribution in [-0.2, 0) is 19.2 Å². The molecule has 0 aliphatic carbocycles. The van der Waals surface area contributed by atoms with E-state index in [0.717, 1.165) is 4.90 Å². The Bertz CT molecular complexity index is 1170. The van der Waals surface area contributed by atoms with E-state index in [4.69, 9.17) is 15.6 Å². The fourth-order valence-corrected chi connectivity index (χ4v) is 3.50. The van der Waals surface area contributed by atoms with Gasteiger partial charge in [-0.1, -0.05) is 17.3 Å². The van der Waals surface area contributed by atoms with Crippen molar-refractivity contribution in [2.75, 3.05) is 13.2 Å². The maximum absolute atomic E-state index is 12.6. The van der Waals surface area contributed by atoms with Crippen molar-refractivity contribution < 1.29 is 44.4 Å². The molecule has 13 heteroatoms. The molecule has 1 fully saturated rings. The first-order chi connectivity index (χ1) is 17.1. The molecule has 1 heterocycles. The van der Waals surface area contributed by atoms with Crippen LogP contribution in [0.3, 0.4) is 0 Å². The van der Waals surface area contributed by atoms with Gasteiger partial charge in [-0.3, -0.25) is 14.4 Å². The molecule has 1 aliphatic heterocycles. The summed E-state index contributed by atoms with van der Waals surface area (Å²) in [5.74, 6) is -3.59. The number of phenols is 1. The van der Waals surface area contributed by atoms with E-state index >= 15 is 0 Å². The van der Waals surface area contributed by atoms with Crippen LogP contribution >= 0.6 is 0 Å². The minimum Gasteiger partial charge on any atom is -0.508 e. The highest BCUT2D eigenvalue weighted by atomic mass is 16.5. The highest BCUT2D eigenvalue weighted by molar-refractivity contribution is 6.45. The first-order valence-corrected chi connectivity index (χ1v) is 10.7. The lowest BCUT2D eigenvalue weighted by molar-refractivity contribution is -0.160. The van der Waals surface area contributed by atoms with Crippen molar-refractivity contribution in [3.8, 4) is 11.5 Å². The zero-order valence-corrected chi connectivity index (χ0v) is 18.8. The van der Waals surface area contributed by atoms with Crippen molar-refractivity contribution in [1.82, 2.24) is 10.2 Å². The van der Waals surface area contributed by atoms with Gasteiger partial charge in [0.2, 0.25) is 5.91 Å². The number of benzene rings is 2. The Hall–Kier alpha value is -4.65. The minimum atomic E-state index is -1.30.